The van der Waals surface area contributed by atoms with Crippen molar-refractivity contribution in [1.29, 1.82) is 0 Å². The van der Waals surface area contributed by atoms with Crippen LogP contribution in [0.15, 0.2) is 4.99 Å². The molecule has 0 aromatic heterocycles. The summed E-state index contributed by atoms with van der Waals surface area (Å²) in [4.78, 5) is 4.24. The van der Waals surface area contributed by atoms with Gasteiger partial charge in [0.2, 0.25) is 5.96 Å². The Kier molecular flexibility index (Phi) is 7.98. The number of rotatable bonds is 6. The second-order valence-electron chi connectivity index (χ2n) is 3.45. The maximum atomic E-state index is 5.31. The van der Waals surface area contributed by atoms with E-state index in [4.69, 9.17) is 15.3 Å². The fourth-order valence-electron chi connectivity index (χ4n) is 0.981. The third kappa shape index (κ3) is 7.12. The molecule has 0 aromatic carbocycles. The summed E-state index contributed by atoms with van der Waals surface area (Å²) in [5, 5.41) is 3.07. The molecule has 0 spiro atoms. The molecule has 6 nitrogen and oxygen atoms in total. The van der Waals surface area contributed by atoms with Gasteiger partial charge in [-0.05, 0) is 13.8 Å². The van der Waals surface area contributed by atoms with Crippen LogP contribution in [0, 0.1) is 0 Å². The summed E-state index contributed by atoms with van der Waals surface area (Å²) in [5.41, 5.74) is 2.50. The zero-order valence-electron chi connectivity index (χ0n) is 9.91. The Morgan fingerprint density at radius 3 is 2.47 bits per heavy atom. The van der Waals surface area contributed by atoms with E-state index in [1.165, 1.54) is 0 Å². The fourth-order valence-corrected chi connectivity index (χ4v) is 0.981. The summed E-state index contributed by atoms with van der Waals surface area (Å²) in [6.07, 6.45) is -0.0488. The molecular formula is C9H22N4O2. The minimum atomic E-state index is -0.0488. The maximum absolute atomic E-state index is 5.31. The van der Waals surface area contributed by atoms with Crippen molar-refractivity contribution < 1.29 is 9.47 Å². The van der Waals surface area contributed by atoms with Crippen LogP contribution in [0.5, 0.6) is 0 Å². The molecular weight excluding hydrogens is 196 g/mol. The highest BCUT2D eigenvalue weighted by Crippen LogP contribution is 1.91. The van der Waals surface area contributed by atoms with Crippen LogP contribution in [0.3, 0.4) is 0 Å². The SMILES string of the molecule is COCC(CN=C(NN)NC(C)C)OC. The second-order valence-corrected chi connectivity index (χ2v) is 3.45. The van der Waals surface area contributed by atoms with Crippen molar-refractivity contribution in [2.45, 2.75) is 26.0 Å². The monoisotopic (exact) mass is 218 g/mol. The molecule has 0 radical (unpaired) electrons. The van der Waals surface area contributed by atoms with Crippen LogP contribution < -0.4 is 16.6 Å². The van der Waals surface area contributed by atoms with Crippen LogP contribution >= 0.6 is 0 Å². The molecule has 1 unspecified atom stereocenters. The van der Waals surface area contributed by atoms with Crippen LogP contribution in [0.2, 0.25) is 0 Å². The van der Waals surface area contributed by atoms with E-state index in [0.717, 1.165) is 0 Å². The first-order valence-electron chi connectivity index (χ1n) is 4.93. The van der Waals surface area contributed by atoms with Gasteiger partial charge in [-0.2, -0.15) is 0 Å². The number of hydrazine groups is 1. The highest BCUT2D eigenvalue weighted by Gasteiger charge is 2.06. The molecule has 15 heavy (non-hydrogen) atoms. The van der Waals surface area contributed by atoms with Gasteiger partial charge < -0.3 is 14.8 Å². The minimum Gasteiger partial charge on any atom is -0.382 e. The van der Waals surface area contributed by atoms with E-state index in [9.17, 15) is 0 Å². The van der Waals surface area contributed by atoms with Crippen LogP contribution in [0.1, 0.15) is 13.8 Å². The van der Waals surface area contributed by atoms with E-state index >= 15 is 0 Å². The summed E-state index contributed by atoms with van der Waals surface area (Å²) < 4.78 is 10.1. The molecule has 0 saturated heterocycles. The van der Waals surface area contributed by atoms with E-state index in [1.54, 1.807) is 14.2 Å². The summed E-state index contributed by atoms with van der Waals surface area (Å²) in [6.45, 7) is 5.04. The molecule has 0 saturated carbocycles. The van der Waals surface area contributed by atoms with Crippen LogP contribution in [0.4, 0.5) is 0 Å². The summed E-state index contributed by atoms with van der Waals surface area (Å²) in [7, 11) is 3.26. The Labute approximate surface area is 91.2 Å². The van der Waals surface area contributed by atoms with Crippen molar-refractivity contribution >= 4 is 5.96 Å². The van der Waals surface area contributed by atoms with Gasteiger partial charge in [0.25, 0.3) is 0 Å². The van der Waals surface area contributed by atoms with E-state index in [-0.39, 0.29) is 12.1 Å². The topological polar surface area (TPSA) is 80.9 Å². The lowest BCUT2D eigenvalue weighted by molar-refractivity contribution is 0.0343. The largest absolute Gasteiger partial charge is 0.382 e. The normalized spacial score (nSPS) is 14.1. The molecule has 0 heterocycles. The Morgan fingerprint density at radius 1 is 1.40 bits per heavy atom. The molecule has 90 valence electrons. The number of hydrogen-bond donors (Lipinski definition) is 3. The van der Waals surface area contributed by atoms with E-state index in [0.29, 0.717) is 19.1 Å². The predicted octanol–water partition coefficient (Wildman–Crippen LogP) is -0.535. The first-order valence-corrected chi connectivity index (χ1v) is 4.93. The number of guanidine groups is 1. The molecule has 6 heteroatoms. The molecule has 1 atom stereocenters. The Hall–Kier alpha value is -0.850. The Balaban J connectivity index is 4.06. The molecule has 0 amide bonds. The average molecular weight is 218 g/mol. The molecule has 0 aliphatic carbocycles. The average Bonchev–Trinajstić information content (AvgIpc) is 2.21. The lowest BCUT2D eigenvalue weighted by Gasteiger charge is -2.15. The quantitative estimate of drug-likeness (QED) is 0.241. The fraction of sp³-hybridized carbons (Fsp3) is 0.889. The van der Waals surface area contributed by atoms with Gasteiger partial charge in [0.05, 0.1) is 13.2 Å². The van der Waals surface area contributed by atoms with Crippen molar-refractivity contribution in [3.05, 3.63) is 0 Å². The number of aliphatic imine (C=N–C) groups is 1. The number of methoxy groups -OCH3 is 2. The smallest absolute Gasteiger partial charge is 0.206 e. The Bertz CT molecular complexity index is 185. The van der Waals surface area contributed by atoms with Gasteiger partial charge in [0.15, 0.2) is 0 Å². The van der Waals surface area contributed by atoms with E-state index < -0.39 is 0 Å². The van der Waals surface area contributed by atoms with Gasteiger partial charge in [-0.15, -0.1) is 0 Å². The Morgan fingerprint density at radius 2 is 2.07 bits per heavy atom. The van der Waals surface area contributed by atoms with Crippen molar-refractivity contribution in [3.8, 4) is 0 Å². The number of nitrogens with one attached hydrogen (secondary N) is 2. The lowest BCUT2D eigenvalue weighted by atomic mass is 10.4. The number of ether oxygens (including phenoxy) is 2. The minimum absolute atomic E-state index is 0.0488. The molecule has 0 aliphatic rings. The van der Waals surface area contributed by atoms with Gasteiger partial charge in [-0.1, -0.05) is 0 Å². The highest BCUT2D eigenvalue weighted by molar-refractivity contribution is 5.79. The van der Waals surface area contributed by atoms with Crippen LogP contribution in [0.25, 0.3) is 0 Å². The third-order valence-corrected chi connectivity index (χ3v) is 1.70. The predicted molar refractivity (Wildman–Crippen MR) is 60.6 cm³/mol. The van der Waals surface area contributed by atoms with Crippen molar-refractivity contribution in [2.75, 3.05) is 27.4 Å². The van der Waals surface area contributed by atoms with Crippen LogP contribution in [-0.4, -0.2) is 45.5 Å². The van der Waals surface area contributed by atoms with Gasteiger partial charge in [-0.25, -0.2) is 10.8 Å². The number of hydrogen-bond acceptors (Lipinski definition) is 4. The van der Waals surface area contributed by atoms with Gasteiger partial charge >= 0.3 is 0 Å². The molecule has 0 aliphatic heterocycles. The van der Waals surface area contributed by atoms with Crippen LogP contribution in [-0.2, 0) is 9.47 Å². The van der Waals surface area contributed by atoms with Crippen molar-refractivity contribution in [2.24, 2.45) is 10.8 Å². The second kappa shape index (κ2) is 8.46. The first kappa shape index (κ1) is 14.2. The van der Waals surface area contributed by atoms with Gasteiger partial charge in [0.1, 0.15) is 6.10 Å². The maximum Gasteiger partial charge on any atom is 0.206 e. The zero-order chi connectivity index (χ0) is 11.7. The first-order chi connectivity index (χ1) is 7.13. The van der Waals surface area contributed by atoms with E-state index in [2.05, 4.69) is 15.7 Å². The van der Waals surface area contributed by atoms with Gasteiger partial charge in [-0.3, -0.25) is 5.43 Å². The standard InChI is InChI=1S/C9H22N4O2/c1-7(2)12-9(13-10)11-5-8(15-4)6-14-3/h7-8H,5-6,10H2,1-4H3,(H2,11,12,13). The molecule has 0 fully saturated rings. The number of nitrogens with zero attached hydrogens (tertiary/aromatic N) is 1. The number of nitrogens with two attached hydrogens (primary N) is 1. The van der Waals surface area contributed by atoms with Crippen molar-refractivity contribution in [1.82, 2.24) is 10.7 Å². The zero-order valence-corrected chi connectivity index (χ0v) is 9.91. The third-order valence-electron chi connectivity index (χ3n) is 1.70. The summed E-state index contributed by atoms with van der Waals surface area (Å²) in [6, 6.07) is 0.281. The van der Waals surface area contributed by atoms with E-state index in [1.807, 2.05) is 13.8 Å². The highest BCUT2D eigenvalue weighted by atomic mass is 16.5. The van der Waals surface area contributed by atoms with Gasteiger partial charge in [0, 0.05) is 20.3 Å². The molecule has 4 N–H and O–H groups in total. The summed E-state index contributed by atoms with van der Waals surface area (Å²) >= 11 is 0. The lowest BCUT2D eigenvalue weighted by Crippen LogP contribution is -2.45. The molecule has 0 aromatic rings. The molecule has 0 bridgehead atoms. The van der Waals surface area contributed by atoms with Crippen molar-refractivity contribution in [3.63, 3.8) is 0 Å². The molecule has 0 rings (SSSR count). The summed E-state index contributed by atoms with van der Waals surface area (Å²) in [5.74, 6) is 5.87.